The number of carboxylic acids is 1. The molecule has 4 rings (SSSR count). The van der Waals surface area contributed by atoms with Crippen molar-refractivity contribution in [2.75, 3.05) is 13.2 Å². The molecule has 0 aromatic heterocycles. The summed E-state index contributed by atoms with van der Waals surface area (Å²) < 4.78 is 6.01. The maximum atomic E-state index is 13.9. The van der Waals surface area contributed by atoms with E-state index in [0.29, 0.717) is 29.5 Å². The molecule has 1 N–H and O–H groups in total. The van der Waals surface area contributed by atoms with Crippen LogP contribution < -0.4 is 0 Å². The van der Waals surface area contributed by atoms with Crippen LogP contribution in [0, 0.1) is 22.7 Å². The number of nitrogens with zero attached hydrogens (tertiary/aromatic N) is 2. The van der Waals surface area contributed by atoms with Crippen LogP contribution in [-0.2, 0) is 14.3 Å². The zero-order valence-electron chi connectivity index (χ0n) is 20.2. The van der Waals surface area contributed by atoms with Crippen molar-refractivity contribution in [2.24, 2.45) is 11.3 Å². The van der Waals surface area contributed by atoms with Crippen LogP contribution in [0.3, 0.4) is 0 Å². The van der Waals surface area contributed by atoms with E-state index in [1.54, 1.807) is 18.2 Å². The summed E-state index contributed by atoms with van der Waals surface area (Å²) in [6.45, 7) is 2.61. The number of nitriles is 1. The first-order chi connectivity index (χ1) is 17.3. The minimum atomic E-state index is -1.00. The number of carbonyl (C=O) groups is 2. The van der Waals surface area contributed by atoms with Crippen molar-refractivity contribution in [3.63, 3.8) is 0 Å². The fourth-order valence-electron chi connectivity index (χ4n) is 5.20. The summed E-state index contributed by atoms with van der Waals surface area (Å²) in [7, 11) is 0. The molecule has 6 nitrogen and oxygen atoms in total. The highest BCUT2D eigenvalue weighted by Gasteiger charge is 2.47. The summed E-state index contributed by atoms with van der Waals surface area (Å²) in [5.41, 5.74) is 1.46. The first-order valence-corrected chi connectivity index (χ1v) is 13.1. The van der Waals surface area contributed by atoms with Crippen LogP contribution in [0.4, 0.5) is 0 Å². The number of piperidine rings is 1. The van der Waals surface area contributed by atoms with Crippen LogP contribution >= 0.6 is 23.2 Å². The molecule has 1 aliphatic carbocycles. The SMILES string of the molecule is CC[C@@H](COCC1(C#N)CC1)N1C(=O)C(CC(=O)O)C[C@H](c2cccc(Cl)c2)C1c1ccc(Cl)cc1. The topological polar surface area (TPSA) is 90.6 Å². The number of likely N-dealkylation sites (tertiary alicyclic amines) is 1. The highest BCUT2D eigenvalue weighted by atomic mass is 35.5. The van der Waals surface area contributed by atoms with E-state index in [4.69, 9.17) is 27.9 Å². The van der Waals surface area contributed by atoms with Gasteiger partial charge in [0.25, 0.3) is 0 Å². The van der Waals surface area contributed by atoms with Crippen molar-refractivity contribution < 1.29 is 19.4 Å². The Balaban J connectivity index is 1.74. The van der Waals surface area contributed by atoms with E-state index in [2.05, 4.69) is 6.07 Å². The third kappa shape index (κ3) is 5.86. The van der Waals surface area contributed by atoms with E-state index < -0.39 is 17.3 Å². The van der Waals surface area contributed by atoms with Crippen molar-refractivity contribution in [1.82, 2.24) is 4.90 Å². The molecule has 2 aromatic rings. The second-order valence-electron chi connectivity index (χ2n) is 9.90. The Morgan fingerprint density at radius 2 is 1.92 bits per heavy atom. The van der Waals surface area contributed by atoms with Gasteiger partial charge in [0.2, 0.25) is 5.91 Å². The highest BCUT2D eigenvalue weighted by Crippen LogP contribution is 2.48. The number of benzene rings is 2. The molecule has 1 heterocycles. The average Bonchev–Trinajstić information content (AvgIpc) is 3.64. The highest BCUT2D eigenvalue weighted by molar-refractivity contribution is 6.30. The molecule has 1 saturated carbocycles. The minimum Gasteiger partial charge on any atom is -0.481 e. The van der Waals surface area contributed by atoms with E-state index in [1.807, 2.05) is 42.2 Å². The van der Waals surface area contributed by atoms with Crippen LogP contribution in [0.5, 0.6) is 0 Å². The first-order valence-electron chi connectivity index (χ1n) is 12.3. The fraction of sp³-hybridized carbons (Fsp3) is 0.464. The van der Waals surface area contributed by atoms with Crippen molar-refractivity contribution >= 4 is 35.1 Å². The van der Waals surface area contributed by atoms with Crippen LogP contribution in [0.2, 0.25) is 10.0 Å². The molecule has 2 unspecified atom stereocenters. The molecule has 1 amide bonds. The summed E-state index contributed by atoms with van der Waals surface area (Å²) in [5.74, 6) is -2.03. The Kier molecular flexibility index (Phi) is 8.24. The maximum Gasteiger partial charge on any atom is 0.304 e. The van der Waals surface area contributed by atoms with Gasteiger partial charge in [-0.25, -0.2) is 0 Å². The fourth-order valence-corrected chi connectivity index (χ4v) is 5.52. The number of hydrogen-bond acceptors (Lipinski definition) is 4. The standard InChI is InChI=1S/C28H30Cl2N2O4/c1-2-23(15-36-17-28(16-31)10-11-28)32-26(18-6-8-21(29)9-7-18)24(19-4-3-5-22(30)12-19)13-20(27(32)35)14-25(33)34/h3-9,12,20,23-24,26H,2,10-11,13-15,17H2,1H3,(H,33,34)/t20?,23-,24+,26?/m0/s1. The van der Waals surface area contributed by atoms with Gasteiger partial charge in [0.05, 0.1) is 43.2 Å². The minimum absolute atomic E-state index is 0.171. The number of halogens is 2. The molecule has 2 aliphatic rings. The summed E-state index contributed by atoms with van der Waals surface area (Å²) in [4.78, 5) is 27.4. The average molecular weight is 529 g/mol. The Hall–Kier alpha value is -2.59. The van der Waals surface area contributed by atoms with Crippen molar-refractivity contribution in [3.05, 3.63) is 69.7 Å². The lowest BCUT2D eigenvalue weighted by Gasteiger charge is -2.48. The van der Waals surface area contributed by atoms with Crippen molar-refractivity contribution in [1.29, 1.82) is 5.26 Å². The van der Waals surface area contributed by atoms with E-state index in [0.717, 1.165) is 24.0 Å². The molecular weight excluding hydrogens is 499 g/mol. The Morgan fingerprint density at radius 1 is 1.19 bits per heavy atom. The molecule has 190 valence electrons. The van der Waals surface area contributed by atoms with Crippen LogP contribution in [0.25, 0.3) is 0 Å². The Bertz CT molecular complexity index is 1140. The van der Waals surface area contributed by atoms with Gasteiger partial charge in [0.15, 0.2) is 0 Å². The summed E-state index contributed by atoms with van der Waals surface area (Å²) in [5, 5.41) is 20.2. The molecular formula is C28H30Cl2N2O4. The number of carbonyl (C=O) groups excluding carboxylic acids is 1. The van der Waals surface area contributed by atoms with Gasteiger partial charge >= 0.3 is 5.97 Å². The second-order valence-corrected chi connectivity index (χ2v) is 10.8. The number of ether oxygens (including phenoxy) is 1. The van der Waals surface area contributed by atoms with Gasteiger partial charge < -0.3 is 14.7 Å². The van der Waals surface area contributed by atoms with Gasteiger partial charge in [-0.05, 0) is 61.1 Å². The third-order valence-corrected chi connectivity index (χ3v) is 7.86. The summed E-state index contributed by atoms with van der Waals surface area (Å²) in [6.07, 6.45) is 2.43. The van der Waals surface area contributed by atoms with Crippen LogP contribution in [0.1, 0.15) is 62.1 Å². The Labute approximate surface area is 221 Å². The van der Waals surface area contributed by atoms with Gasteiger partial charge in [0, 0.05) is 21.9 Å². The monoisotopic (exact) mass is 528 g/mol. The van der Waals surface area contributed by atoms with Gasteiger partial charge in [-0.1, -0.05) is 54.4 Å². The zero-order valence-corrected chi connectivity index (χ0v) is 21.7. The van der Waals surface area contributed by atoms with Crippen LogP contribution in [-0.4, -0.2) is 41.1 Å². The number of amides is 1. The lowest BCUT2D eigenvalue weighted by atomic mass is 9.74. The lowest BCUT2D eigenvalue weighted by Crippen LogP contribution is -2.53. The van der Waals surface area contributed by atoms with Crippen molar-refractivity contribution in [2.45, 2.75) is 57.0 Å². The normalized spacial score (nSPS) is 23.7. The predicted octanol–water partition coefficient (Wildman–Crippen LogP) is 6.24. The third-order valence-electron chi connectivity index (χ3n) is 7.38. The van der Waals surface area contributed by atoms with Gasteiger partial charge in [-0.2, -0.15) is 5.26 Å². The van der Waals surface area contributed by atoms with Gasteiger partial charge in [-0.15, -0.1) is 0 Å². The Morgan fingerprint density at radius 3 is 2.50 bits per heavy atom. The molecule has 36 heavy (non-hydrogen) atoms. The molecule has 2 aromatic carbocycles. The molecule has 8 heteroatoms. The molecule has 2 fully saturated rings. The van der Waals surface area contributed by atoms with Crippen LogP contribution in [0.15, 0.2) is 48.5 Å². The summed E-state index contributed by atoms with van der Waals surface area (Å²) >= 11 is 12.5. The lowest BCUT2D eigenvalue weighted by molar-refractivity contribution is -0.154. The van der Waals surface area contributed by atoms with E-state index >= 15 is 0 Å². The first kappa shape index (κ1) is 26.5. The summed E-state index contributed by atoms with van der Waals surface area (Å²) in [6, 6.07) is 16.7. The molecule has 1 saturated heterocycles. The zero-order chi connectivity index (χ0) is 25.9. The number of carboxylic acid groups (broad SMARTS) is 1. The molecule has 4 atom stereocenters. The quantitative estimate of drug-likeness (QED) is 0.394. The van der Waals surface area contributed by atoms with E-state index in [-0.39, 0.29) is 36.9 Å². The largest absolute Gasteiger partial charge is 0.481 e. The van der Waals surface area contributed by atoms with Gasteiger partial charge in [0.1, 0.15) is 0 Å². The van der Waals surface area contributed by atoms with E-state index in [1.165, 1.54) is 0 Å². The molecule has 0 radical (unpaired) electrons. The predicted molar refractivity (Wildman–Crippen MR) is 138 cm³/mol. The molecule has 0 spiro atoms. The van der Waals surface area contributed by atoms with Gasteiger partial charge in [-0.3, -0.25) is 9.59 Å². The maximum absolute atomic E-state index is 13.9. The van der Waals surface area contributed by atoms with E-state index in [9.17, 15) is 20.0 Å². The number of hydrogen-bond donors (Lipinski definition) is 1. The number of aliphatic carboxylic acids is 1. The molecule has 1 aliphatic heterocycles. The number of rotatable bonds is 10. The smallest absolute Gasteiger partial charge is 0.304 e. The van der Waals surface area contributed by atoms with Crippen molar-refractivity contribution in [3.8, 4) is 6.07 Å². The second kappa shape index (κ2) is 11.2. The molecule has 0 bridgehead atoms.